The molecule has 0 saturated carbocycles. The first-order chi connectivity index (χ1) is 12.1. The normalized spacial score (nSPS) is 11.4. The van der Waals surface area contributed by atoms with Crippen LogP contribution in [0.15, 0.2) is 4.42 Å². The number of nitro benzene ring substituents is 1. The zero-order valence-corrected chi connectivity index (χ0v) is 16.6. The van der Waals surface area contributed by atoms with Crippen LogP contribution in [0.4, 0.5) is 5.69 Å². The summed E-state index contributed by atoms with van der Waals surface area (Å²) in [6.07, 6.45) is 0. The summed E-state index contributed by atoms with van der Waals surface area (Å²) in [6.45, 7) is 15.7. The van der Waals surface area contributed by atoms with Crippen LogP contribution >= 0.6 is 0 Å². The predicted octanol–water partition coefficient (Wildman–Crippen LogP) is 5.87. The number of hydrogen-bond acceptors (Lipinski definition) is 4. The Hall–Kier alpha value is -2.69. The third-order valence-electron chi connectivity index (χ3n) is 5.99. The summed E-state index contributed by atoms with van der Waals surface area (Å²) in [4.78, 5) is 16.1. The summed E-state index contributed by atoms with van der Waals surface area (Å²) >= 11 is 0. The zero-order valence-electron chi connectivity index (χ0n) is 16.6. The van der Waals surface area contributed by atoms with Gasteiger partial charge in [-0.3, -0.25) is 10.1 Å². The molecule has 0 bridgehead atoms. The van der Waals surface area contributed by atoms with E-state index in [4.69, 9.17) is 9.40 Å². The minimum atomic E-state index is -0.311. The molecule has 3 aromatic rings. The second kappa shape index (κ2) is 5.94. The van der Waals surface area contributed by atoms with Crippen LogP contribution in [0.2, 0.25) is 0 Å². The number of benzene rings is 2. The van der Waals surface area contributed by atoms with E-state index in [1.807, 2.05) is 27.7 Å². The van der Waals surface area contributed by atoms with Crippen molar-refractivity contribution in [3.8, 4) is 11.5 Å². The highest BCUT2D eigenvalue weighted by Gasteiger charge is 2.27. The fraction of sp³-hybridized carbons (Fsp3) is 0.381. The molecule has 26 heavy (non-hydrogen) atoms. The van der Waals surface area contributed by atoms with Gasteiger partial charge in [0, 0.05) is 11.1 Å². The molecular weight excluding hydrogens is 328 g/mol. The molecule has 2 aromatic carbocycles. The first-order valence-electron chi connectivity index (χ1n) is 8.69. The van der Waals surface area contributed by atoms with E-state index >= 15 is 0 Å². The quantitative estimate of drug-likeness (QED) is 0.427. The van der Waals surface area contributed by atoms with Crippen LogP contribution in [0, 0.1) is 65.5 Å². The Morgan fingerprint density at radius 3 is 1.85 bits per heavy atom. The molecule has 0 aliphatic rings. The lowest BCUT2D eigenvalue weighted by atomic mass is 9.92. The van der Waals surface area contributed by atoms with Gasteiger partial charge < -0.3 is 4.42 Å². The molecule has 0 atom stereocenters. The summed E-state index contributed by atoms with van der Waals surface area (Å²) in [5, 5.41) is 11.6. The molecule has 5 nitrogen and oxygen atoms in total. The van der Waals surface area contributed by atoms with Crippen molar-refractivity contribution in [3.63, 3.8) is 0 Å². The zero-order chi connectivity index (χ0) is 19.5. The molecule has 0 spiro atoms. The first-order valence-corrected chi connectivity index (χ1v) is 8.69. The van der Waals surface area contributed by atoms with E-state index in [1.165, 1.54) is 11.1 Å². The summed E-state index contributed by atoms with van der Waals surface area (Å²) < 4.78 is 6.16. The Bertz CT molecular complexity index is 1050. The monoisotopic (exact) mass is 352 g/mol. The van der Waals surface area contributed by atoms with Crippen molar-refractivity contribution < 1.29 is 9.34 Å². The van der Waals surface area contributed by atoms with Crippen LogP contribution in [0.1, 0.15) is 44.5 Å². The number of oxazole rings is 1. The van der Waals surface area contributed by atoms with Crippen molar-refractivity contribution in [2.24, 2.45) is 0 Å². The van der Waals surface area contributed by atoms with Gasteiger partial charge in [0.05, 0.1) is 10.5 Å². The fourth-order valence-corrected chi connectivity index (χ4v) is 3.77. The van der Waals surface area contributed by atoms with Crippen LogP contribution in [-0.4, -0.2) is 9.91 Å². The van der Waals surface area contributed by atoms with Gasteiger partial charge in [0.25, 0.3) is 5.69 Å². The molecule has 0 saturated heterocycles. The highest BCUT2D eigenvalue weighted by molar-refractivity contribution is 5.86. The molecule has 5 heteroatoms. The number of nitrogens with zero attached hydrogens (tertiary/aromatic N) is 2. The Labute approximate surface area is 153 Å². The van der Waals surface area contributed by atoms with Crippen LogP contribution in [-0.2, 0) is 0 Å². The average molecular weight is 352 g/mol. The average Bonchev–Trinajstić information content (AvgIpc) is 3.01. The summed E-state index contributed by atoms with van der Waals surface area (Å²) in [5.74, 6) is 0.456. The fourth-order valence-electron chi connectivity index (χ4n) is 3.77. The first kappa shape index (κ1) is 18.1. The van der Waals surface area contributed by atoms with Gasteiger partial charge in [0.2, 0.25) is 5.89 Å². The van der Waals surface area contributed by atoms with Gasteiger partial charge in [0.1, 0.15) is 5.52 Å². The summed E-state index contributed by atoms with van der Waals surface area (Å²) in [7, 11) is 0. The van der Waals surface area contributed by atoms with Gasteiger partial charge in [-0.2, -0.15) is 0 Å². The molecule has 1 aromatic heterocycles. The molecule has 136 valence electrons. The van der Waals surface area contributed by atoms with E-state index in [9.17, 15) is 10.1 Å². The van der Waals surface area contributed by atoms with Gasteiger partial charge in [-0.1, -0.05) is 0 Å². The number of aryl methyl sites for hydroxylation is 2. The largest absolute Gasteiger partial charge is 0.436 e. The predicted molar refractivity (Wildman–Crippen MR) is 104 cm³/mol. The van der Waals surface area contributed by atoms with Gasteiger partial charge >= 0.3 is 0 Å². The molecular formula is C21H24N2O3. The van der Waals surface area contributed by atoms with E-state index in [0.717, 1.165) is 38.9 Å². The Morgan fingerprint density at radius 1 is 0.731 bits per heavy atom. The van der Waals surface area contributed by atoms with Crippen LogP contribution in [0.3, 0.4) is 0 Å². The Morgan fingerprint density at radius 2 is 1.27 bits per heavy atom. The van der Waals surface area contributed by atoms with E-state index in [-0.39, 0.29) is 10.6 Å². The van der Waals surface area contributed by atoms with E-state index in [0.29, 0.717) is 17.0 Å². The molecule has 0 aliphatic carbocycles. The maximum absolute atomic E-state index is 11.6. The van der Waals surface area contributed by atoms with Crippen molar-refractivity contribution in [3.05, 3.63) is 54.6 Å². The number of nitro groups is 1. The second-order valence-electron chi connectivity index (χ2n) is 7.18. The van der Waals surface area contributed by atoms with Crippen molar-refractivity contribution in [1.29, 1.82) is 0 Å². The second-order valence-corrected chi connectivity index (χ2v) is 7.18. The maximum Gasteiger partial charge on any atom is 0.276 e. The summed E-state index contributed by atoms with van der Waals surface area (Å²) in [5.41, 5.74) is 10.2. The molecule has 0 N–H and O–H groups in total. The van der Waals surface area contributed by atoms with Crippen molar-refractivity contribution in [2.75, 3.05) is 0 Å². The minimum absolute atomic E-state index is 0.145. The van der Waals surface area contributed by atoms with Crippen molar-refractivity contribution in [2.45, 2.75) is 55.4 Å². The lowest BCUT2D eigenvalue weighted by molar-refractivity contribution is -0.386. The molecule has 0 radical (unpaired) electrons. The van der Waals surface area contributed by atoms with Crippen LogP contribution in [0.25, 0.3) is 22.6 Å². The number of fused-ring (bicyclic) bond motifs is 1. The highest BCUT2D eigenvalue weighted by atomic mass is 16.6. The van der Waals surface area contributed by atoms with E-state index in [1.54, 1.807) is 13.8 Å². The van der Waals surface area contributed by atoms with Gasteiger partial charge in [0.15, 0.2) is 5.58 Å². The topological polar surface area (TPSA) is 69.2 Å². The maximum atomic E-state index is 11.6. The lowest BCUT2D eigenvalue weighted by Crippen LogP contribution is -2.03. The van der Waals surface area contributed by atoms with Gasteiger partial charge in [-0.25, -0.2) is 4.98 Å². The van der Waals surface area contributed by atoms with Gasteiger partial charge in [-0.15, -0.1) is 0 Å². The lowest BCUT2D eigenvalue weighted by Gasteiger charge is -2.13. The van der Waals surface area contributed by atoms with E-state index in [2.05, 4.69) is 13.8 Å². The molecule has 0 amide bonds. The number of hydrogen-bond donors (Lipinski definition) is 0. The van der Waals surface area contributed by atoms with Crippen molar-refractivity contribution >= 4 is 16.8 Å². The minimum Gasteiger partial charge on any atom is -0.436 e. The molecule has 0 fully saturated rings. The number of aromatic nitrogens is 1. The van der Waals surface area contributed by atoms with E-state index < -0.39 is 0 Å². The molecule has 3 rings (SSSR count). The third-order valence-corrected chi connectivity index (χ3v) is 5.99. The molecule has 1 heterocycles. The van der Waals surface area contributed by atoms with Gasteiger partial charge in [-0.05, 0) is 88.8 Å². The summed E-state index contributed by atoms with van der Waals surface area (Å²) in [6, 6.07) is 0. The number of rotatable bonds is 2. The Balaban J connectivity index is 2.44. The smallest absolute Gasteiger partial charge is 0.276 e. The van der Waals surface area contributed by atoms with Crippen molar-refractivity contribution in [1.82, 2.24) is 4.98 Å². The third kappa shape index (κ3) is 2.34. The highest BCUT2D eigenvalue weighted by Crippen LogP contribution is 2.40. The standard InChI is InChI=1S/C21H24N2O3/c1-9-10(2)15(7)20-18(13(9)5)22-21(26-20)17-12(4)11(3)14(6)19(16(17)8)23(24)25/h1-8H3. The van der Waals surface area contributed by atoms with Crippen LogP contribution in [0.5, 0.6) is 0 Å². The molecule has 0 aliphatic heterocycles. The van der Waals surface area contributed by atoms with Crippen LogP contribution < -0.4 is 0 Å². The SMILES string of the molecule is Cc1c(C)c(-c2nc3c(C)c(C)c(C)c(C)c3o2)c(C)c([N+](=O)[O-])c1C. The molecule has 0 unspecified atom stereocenters. The Kier molecular flexibility index (Phi) is 4.14.